The average molecular weight is 203 g/mol. The first-order valence-corrected chi connectivity index (χ1v) is 4.23. The zero-order valence-electron chi connectivity index (χ0n) is 6.94. The SMILES string of the molecule is OC(O)CNCc1ccc(Cl)nc1. The van der Waals surface area contributed by atoms with E-state index in [1.54, 1.807) is 12.3 Å². The number of hydrogen-bond donors (Lipinski definition) is 3. The van der Waals surface area contributed by atoms with Crippen LogP contribution in [0.4, 0.5) is 0 Å². The molecule has 5 heteroatoms. The summed E-state index contributed by atoms with van der Waals surface area (Å²) in [4.78, 5) is 3.88. The van der Waals surface area contributed by atoms with Gasteiger partial charge in [0.2, 0.25) is 0 Å². The van der Waals surface area contributed by atoms with Gasteiger partial charge in [0.15, 0.2) is 6.29 Å². The van der Waals surface area contributed by atoms with Gasteiger partial charge in [-0.1, -0.05) is 17.7 Å². The van der Waals surface area contributed by atoms with Crippen molar-refractivity contribution in [2.75, 3.05) is 6.54 Å². The summed E-state index contributed by atoms with van der Waals surface area (Å²) in [6, 6.07) is 3.51. The molecule has 0 spiro atoms. The van der Waals surface area contributed by atoms with Gasteiger partial charge in [-0.25, -0.2) is 4.98 Å². The lowest BCUT2D eigenvalue weighted by molar-refractivity contribution is -0.0373. The van der Waals surface area contributed by atoms with Crippen LogP contribution in [0.3, 0.4) is 0 Å². The van der Waals surface area contributed by atoms with E-state index in [9.17, 15) is 0 Å². The van der Waals surface area contributed by atoms with E-state index < -0.39 is 6.29 Å². The van der Waals surface area contributed by atoms with E-state index in [-0.39, 0.29) is 6.54 Å². The molecule has 4 nitrogen and oxygen atoms in total. The lowest BCUT2D eigenvalue weighted by atomic mass is 10.3. The molecule has 0 aliphatic rings. The maximum atomic E-state index is 8.53. The molecule has 13 heavy (non-hydrogen) atoms. The third-order valence-electron chi connectivity index (χ3n) is 1.44. The Bertz CT molecular complexity index is 251. The van der Waals surface area contributed by atoms with E-state index in [0.29, 0.717) is 11.7 Å². The zero-order chi connectivity index (χ0) is 9.68. The minimum absolute atomic E-state index is 0.141. The van der Waals surface area contributed by atoms with Crippen LogP contribution in [0.1, 0.15) is 5.56 Å². The first-order chi connectivity index (χ1) is 6.18. The fraction of sp³-hybridized carbons (Fsp3) is 0.375. The summed E-state index contributed by atoms with van der Waals surface area (Å²) in [7, 11) is 0. The Balaban J connectivity index is 2.33. The van der Waals surface area contributed by atoms with Crippen molar-refractivity contribution in [3.8, 4) is 0 Å². The molecule has 0 radical (unpaired) electrons. The summed E-state index contributed by atoms with van der Waals surface area (Å²) < 4.78 is 0. The second-order valence-corrected chi connectivity index (χ2v) is 2.99. The van der Waals surface area contributed by atoms with Gasteiger partial charge in [0.1, 0.15) is 5.15 Å². The van der Waals surface area contributed by atoms with Gasteiger partial charge < -0.3 is 15.5 Å². The van der Waals surface area contributed by atoms with Gasteiger partial charge in [0, 0.05) is 19.3 Å². The van der Waals surface area contributed by atoms with Crippen LogP contribution in [0.15, 0.2) is 18.3 Å². The van der Waals surface area contributed by atoms with Crippen molar-refractivity contribution in [3.05, 3.63) is 29.0 Å². The predicted molar refractivity (Wildman–Crippen MR) is 49.2 cm³/mol. The van der Waals surface area contributed by atoms with E-state index in [4.69, 9.17) is 21.8 Å². The molecule has 72 valence electrons. The number of nitrogens with zero attached hydrogens (tertiary/aromatic N) is 1. The Kier molecular flexibility index (Phi) is 4.11. The standard InChI is InChI=1S/C8H11ClN2O2/c9-7-2-1-6(4-11-7)3-10-5-8(12)13/h1-2,4,8,10,12-13H,3,5H2. The quantitative estimate of drug-likeness (QED) is 0.480. The molecule has 1 aromatic heterocycles. The Morgan fingerprint density at radius 3 is 2.77 bits per heavy atom. The molecule has 1 heterocycles. The lowest BCUT2D eigenvalue weighted by Crippen LogP contribution is -2.25. The highest BCUT2D eigenvalue weighted by molar-refractivity contribution is 6.29. The zero-order valence-corrected chi connectivity index (χ0v) is 7.70. The molecule has 3 N–H and O–H groups in total. The molecular formula is C8H11ClN2O2. The molecule has 0 atom stereocenters. The summed E-state index contributed by atoms with van der Waals surface area (Å²) in [5.74, 6) is 0. The molecule has 0 aliphatic carbocycles. The van der Waals surface area contributed by atoms with Crippen molar-refractivity contribution in [1.82, 2.24) is 10.3 Å². The number of aromatic nitrogens is 1. The summed E-state index contributed by atoms with van der Waals surface area (Å²) >= 11 is 5.58. The van der Waals surface area contributed by atoms with Crippen molar-refractivity contribution >= 4 is 11.6 Å². The monoisotopic (exact) mass is 202 g/mol. The maximum absolute atomic E-state index is 8.53. The third kappa shape index (κ3) is 4.19. The number of aliphatic hydroxyl groups excluding tert-OH is 1. The Morgan fingerprint density at radius 2 is 2.23 bits per heavy atom. The number of pyridine rings is 1. The van der Waals surface area contributed by atoms with Crippen molar-refractivity contribution in [2.24, 2.45) is 0 Å². The largest absolute Gasteiger partial charge is 0.367 e. The van der Waals surface area contributed by atoms with E-state index in [1.165, 1.54) is 0 Å². The number of rotatable bonds is 4. The van der Waals surface area contributed by atoms with Crippen LogP contribution < -0.4 is 5.32 Å². The second kappa shape index (κ2) is 5.14. The predicted octanol–water partition coefficient (Wildman–Crippen LogP) is 0.135. The lowest BCUT2D eigenvalue weighted by Gasteiger charge is -2.05. The van der Waals surface area contributed by atoms with Crippen LogP contribution in [0.5, 0.6) is 0 Å². The van der Waals surface area contributed by atoms with Crippen LogP contribution >= 0.6 is 11.6 Å². The molecule has 1 rings (SSSR count). The number of hydrogen-bond acceptors (Lipinski definition) is 4. The fourth-order valence-corrected chi connectivity index (χ4v) is 0.968. The van der Waals surface area contributed by atoms with Crippen LogP contribution in [0.2, 0.25) is 5.15 Å². The van der Waals surface area contributed by atoms with Crippen LogP contribution in [-0.2, 0) is 6.54 Å². The fourth-order valence-electron chi connectivity index (χ4n) is 0.857. The minimum Gasteiger partial charge on any atom is -0.367 e. The third-order valence-corrected chi connectivity index (χ3v) is 1.67. The molecule has 0 unspecified atom stereocenters. The topological polar surface area (TPSA) is 65.4 Å². The minimum atomic E-state index is -1.32. The molecule has 0 fully saturated rings. The van der Waals surface area contributed by atoms with Crippen LogP contribution in [0, 0.1) is 0 Å². The summed E-state index contributed by atoms with van der Waals surface area (Å²) in [5.41, 5.74) is 0.949. The maximum Gasteiger partial charge on any atom is 0.164 e. The van der Waals surface area contributed by atoms with Gasteiger partial charge in [0.25, 0.3) is 0 Å². The second-order valence-electron chi connectivity index (χ2n) is 2.60. The molecule has 0 saturated carbocycles. The van der Waals surface area contributed by atoms with Gasteiger partial charge in [0.05, 0.1) is 0 Å². The summed E-state index contributed by atoms with van der Waals surface area (Å²) in [5, 5.41) is 20.3. The van der Waals surface area contributed by atoms with Gasteiger partial charge in [-0.3, -0.25) is 0 Å². The molecule has 0 saturated heterocycles. The van der Waals surface area contributed by atoms with Crippen molar-refractivity contribution < 1.29 is 10.2 Å². The van der Waals surface area contributed by atoms with Crippen LogP contribution in [0.25, 0.3) is 0 Å². The van der Waals surface area contributed by atoms with E-state index >= 15 is 0 Å². The Morgan fingerprint density at radius 1 is 1.46 bits per heavy atom. The molecule has 0 aliphatic heterocycles. The molecular weight excluding hydrogens is 192 g/mol. The number of halogens is 1. The smallest absolute Gasteiger partial charge is 0.164 e. The first-order valence-electron chi connectivity index (χ1n) is 3.86. The van der Waals surface area contributed by atoms with Gasteiger partial charge >= 0.3 is 0 Å². The Labute approximate surface area is 81.2 Å². The number of nitrogens with one attached hydrogen (secondary N) is 1. The highest BCUT2D eigenvalue weighted by Crippen LogP contribution is 2.04. The van der Waals surface area contributed by atoms with Crippen molar-refractivity contribution in [3.63, 3.8) is 0 Å². The first kappa shape index (κ1) is 10.4. The van der Waals surface area contributed by atoms with E-state index in [2.05, 4.69) is 10.3 Å². The van der Waals surface area contributed by atoms with E-state index in [0.717, 1.165) is 5.56 Å². The molecule has 0 amide bonds. The average Bonchev–Trinajstić information content (AvgIpc) is 2.08. The molecule has 0 bridgehead atoms. The number of aliphatic hydroxyl groups is 2. The highest BCUT2D eigenvalue weighted by Gasteiger charge is 1.97. The summed E-state index contributed by atoms with van der Waals surface area (Å²) in [6.07, 6.45) is 0.319. The van der Waals surface area contributed by atoms with Crippen molar-refractivity contribution in [1.29, 1.82) is 0 Å². The van der Waals surface area contributed by atoms with Gasteiger partial charge in [-0.15, -0.1) is 0 Å². The normalized spacial score (nSPS) is 10.8. The van der Waals surface area contributed by atoms with Crippen LogP contribution in [-0.4, -0.2) is 28.0 Å². The Hall–Kier alpha value is -0.680. The molecule has 1 aromatic rings. The van der Waals surface area contributed by atoms with Gasteiger partial charge in [-0.2, -0.15) is 0 Å². The van der Waals surface area contributed by atoms with Crippen molar-refractivity contribution in [2.45, 2.75) is 12.8 Å². The summed E-state index contributed by atoms with van der Waals surface area (Å²) in [6.45, 7) is 0.685. The van der Waals surface area contributed by atoms with E-state index in [1.807, 2.05) is 6.07 Å². The van der Waals surface area contributed by atoms with Gasteiger partial charge in [-0.05, 0) is 11.6 Å². The molecule has 0 aromatic carbocycles. The highest BCUT2D eigenvalue weighted by atomic mass is 35.5.